The molecule has 0 saturated carbocycles. The molecule has 4 atom stereocenters. The van der Waals surface area contributed by atoms with E-state index in [-0.39, 0.29) is 34.7 Å². The molecule has 44 heavy (non-hydrogen) atoms. The van der Waals surface area contributed by atoms with Crippen molar-refractivity contribution in [3.05, 3.63) is 92.3 Å². The summed E-state index contributed by atoms with van der Waals surface area (Å²) >= 11 is 0. The van der Waals surface area contributed by atoms with Gasteiger partial charge in [0.25, 0.3) is 0 Å². The van der Waals surface area contributed by atoms with Crippen molar-refractivity contribution in [2.24, 2.45) is 5.92 Å². The zero-order chi connectivity index (χ0) is 32.0. The van der Waals surface area contributed by atoms with Crippen molar-refractivity contribution in [3.8, 4) is 11.5 Å². The lowest BCUT2D eigenvalue weighted by molar-refractivity contribution is 0.0942. The quantitative estimate of drug-likeness (QED) is 0.262. The van der Waals surface area contributed by atoms with Gasteiger partial charge in [0.2, 0.25) is 5.78 Å². The molecule has 0 fully saturated rings. The van der Waals surface area contributed by atoms with Gasteiger partial charge in [0.15, 0.2) is 17.3 Å². The number of hydrogen-bond donors (Lipinski definition) is 3. The molecule has 2 aliphatic carbocycles. The number of carbonyl (C=O) groups is 1. The highest BCUT2D eigenvalue weighted by Crippen LogP contribution is 2.58. The van der Waals surface area contributed by atoms with Gasteiger partial charge in [0.05, 0.1) is 6.10 Å². The van der Waals surface area contributed by atoms with E-state index < -0.39 is 23.9 Å². The summed E-state index contributed by atoms with van der Waals surface area (Å²) in [7, 11) is 0. The highest BCUT2D eigenvalue weighted by atomic mass is 16.5. The molecule has 3 aliphatic rings. The van der Waals surface area contributed by atoms with Gasteiger partial charge in [-0.25, -0.2) is 0 Å². The Morgan fingerprint density at radius 2 is 1.73 bits per heavy atom. The number of ether oxygens (including phenoxy) is 1. The van der Waals surface area contributed by atoms with E-state index >= 15 is 0 Å². The van der Waals surface area contributed by atoms with Gasteiger partial charge in [-0.15, -0.1) is 0 Å². The van der Waals surface area contributed by atoms with Crippen LogP contribution in [0.3, 0.4) is 0 Å². The number of aliphatic hydroxyl groups is 2. The molecule has 3 aromatic rings. The van der Waals surface area contributed by atoms with Crippen LogP contribution in [0.15, 0.2) is 53.3 Å². The van der Waals surface area contributed by atoms with Crippen LogP contribution in [-0.4, -0.2) is 27.2 Å². The Kier molecular flexibility index (Phi) is 7.28. The molecular weight excluding hydrogens is 548 g/mol. The van der Waals surface area contributed by atoms with Crippen LogP contribution < -0.4 is 4.74 Å². The number of rotatable bonds is 4. The molecule has 0 saturated heterocycles. The summed E-state index contributed by atoms with van der Waals surface area (Å²) in [5.41, 5.74) is 7.43. The summed E-state index contributed by atoms with van der Waals surface area (Å²) in [6, 6.07) is 10.4. The number of Topliss-reactive ketones (excluding diaryl/α,β-unsaturated/α-hetero) is 1. The fraction of sp³-hybridized carbons (Fsp3) is 0.462. The highest BCUT2D eigenvalue weighted by Gasteiger charge is 2.48. The molecule has 3 N–H and O–H groups in total. The lowest BCUT2D eigenvalue weighted by Crippen LogP contribution is -2.38. The van der Waals surface area contributed by atoms with Gasteiger partial charge in [-0.2, -0.15) is 0 Å². The topological polar surface area (TPSA) is 87.0 Å². The molecule has 1 aliphatic heterocycles. The average Bonchev–Trinajstić information content (AvgIpc) is 2.94. The normalized spacial score (nSPS) is 24.0. The third kappa shape index (κ3) is 4.42. The minimum Gasteiger partial charge on any atom is -0.504 e. The first-order valence-corrected chi connectivity index (χ1v) is 16.1. The van der Waals surface area contributed by atoms with E-state index in [2.05, 4.69) is 71.0 Å². The van der Waals surface area contributed by atoms with Crippen LogP contribution >= 0.6 is 0 Å². The molecule has 5 heteroatoms. The molecule has 3 aromatic carbocycles. The monoisotopic (exact) mass is 594 g/mol. The second kappa shape index (κ2) is 10.5. The maximum Gasteiger partial charge on any atom is 0.227 e. The maximum atomic E-state index is 14.2. The molecular formula is C39H46O5. The Morgan fingerprint density at radius 3 is 2.36 bits per heavy atom. The fourth-order valence-electron chi connectivity index (χ4n) is 8.23. The number of phenols is 1. The van der Waals surface area contributed by atoms with Gasteiger partial charge < -0.3 is 20.1 Å². The van der Waals surface area contributed by atoms with Crippen LogP contribution in [0.4, 0.5) is 0 Å². The standard InChI is InChI=1S/C39H46O5/c1-18(2)16-27-34(29-21(7)10-11-22-17-24(19(3)4)35(41)38(44-27)30(22)29)31-23-12-13-25-33(26(40)14-15-39(25,8)9)32(23)37(43)36(42)28(31)20(5)6/h10-13,16-17,19-20,26-27,31,34,40-42H,14-15H2,1-9H3/t26-,27-,31-,34-/m0/s1. The van der Waals surface area contributed by atoms with Crippen LogP contribution in [0.2, 0.25) is 0 Å². The molecule has 0 aromatic heterocycles. The van der Waals surface area contributed by atoms with Crippen molar-refractivity contribution in [2.75, 3.05) is 0 Å². The molecule has 0 unspecified atom stereocenters. The van der Waals surface area contributed by atoms with Crippen molar-refractivity contribution in [2.45, 2.75) is 111 Å². The number of ketones is 1. The molecule has 6 rings (SSSR count). The minimum atomic E-state index is -0.778. The molecule has 0 bridgehead atoms. The van der Waals surface area contributed by atoms with Crippen molar-refractivity contribution in [1.82, 2.24) is 0 Å². The van der Waals surface area contributed by atoms with Crippen LogP contribution in [0.1, 0.15) is 136 Å². The molecule has 1 heterocycles. The first-order valence-electron chi connectivity index (χ1n) is 16.1. The minimum absolute atomic E-state index is 0.106. The van der Waals surface area contributed by atoms with Gasteiger partial charge in [0.1, 0.15) is 6.10 Å². The first-order chi connectivity index (χ1) is 20.7. The predicted octanol–water partition coefficient (Wildman–Crippen LogP) is 9.34. The zero-order valence-electron chi connectivity index (χ0n) is 27.5. The van der Waals surface area contributed by atoms with Gasteiger partial charge >= 0.3 is 0 Å². The average molecular weight is 595 g/mol. The van der Waals surface area contributed by atoms with E-state index in [0.717, 1.165) is 50.6 Å². The Morgan fingerprint density at radius 1 is 1.02 bits per heavy atom. The van der Waals surface area contributed by atoms with E-state index in [0.29, 0.717) is 28.9 Å². The van der Waals surface area contributed by atoms with Crippen LogP contribution in [0, 0.1) is 12.8 Å². The summed E-state index contributed by atoms with van der Waals surface area (Å²) in [4.78, 5) is 14.2. The van der Waals surface area contributed by atoms with E-state index in [4.69, 9.17) is 4.74 Å². The van der Waals surface area contributed by atoms with E-state index in [1.165, 1.54) is 0 Å². The molecule has 0 spiro atoms. The Balaban J connectivity index is 1.73. The number of allylic oxidation sites excluding steroid dienone is 3. The van der Waals surface area contributed by atoms with E-state index in [9.17, 15) is 20.1 Å². The Bertz CT molecular complexity index is 1770. The smallest absolute Gasteiger partial charge is 0.227 e. The Hall–Kier alpha value is -3.57. The number of fused-ring (bicyclic) bond motifs is 3. The van der Waals surface area contributed by atoms with Crippen molar-refractivity contribution < 1.29 is 24.9 Å². The summed E-state index contributed by atoms with van der Waals surface area (Å²) in [5, 5.41) is 36.6. The van der Waals surface area contributed by atoms with Crippen LogP contribution in [-0.2, 0) is 5.41 Å². The number of aliphatic hydroxyl groups excluding tert-OH is 2. The third-order valence-corrected chi connectivity index (χ3v) is 10.3. The Labute approximate surface area is 261 Å². The maximum absolute atomic E-state index is 14.2. The largest absolute Gasteiger partial charge is 0.504 e. The molecule has 5 nitrogen and oxygen atoms in total. The second-order valence-corrected chi connectivity index (χ2v) is 14.7. The number of benzene rings is 3. The number of carbonyl (C=O) groups excluding carboxylic acids is 1. The number of aromatic hydroxyl groups is 1. The van der Waals surface area contributed by atoms with Gasteiger partial charge in [0, 0.05) is 28.3 Å². The molecule has 232 valence electrons. The van der Waals surface area contributed by atoms with Crippen molar-refractivity contribution in [1.29, 1.82) is 0 Å². The van der Waals surface area contributed by atoms with Crippen LogP contribution in [0.25, 0.3) is 10.8 Å². The van der Waals surface area contributed by atoms with Crippen molar-refractivity contribution >= 4 is 16.6 Å². The van der Waals surface area contributed by atoms with E-state index in [1.807, 2.05) is 27.7 Å². The number of hydrogen-bond acceptors (Lipinski definition) is 5. The van der Waals surface area contributed by atoms with Crippen LogP contribution in [0.5, 0.6) is 11.5 Å². The summed E-state index contributed by atoms with van der Waals surface area (Å²) in [5.74, 6) is -0.666. The highest BCUT2D eigenvalue weighted by molar-refractivity contribution is 6.12. The summed E-state index contributed by atoms with van der Waals surface area (Å²) in [6.07, 6.45) is 2.23. The lowest BCUT2D eigenvalue weighted by Gasteiger charge is -2.44. The van der Waals surface area contributed by atoms with E-state index in [1.54, 1.807) is 0 Å². The third-order valence-electron chi connectivity index (χ3n) is 10.3. The number of phenolic OH excluding ortho intramolecular Hbond substituents is 1. The lowest BCUT2D eigenvalue weighted by atomic mass is 9.62. The predicted molar refractivity (Wildman–Crippen MR) is 176 cm³/mol. The SMILES string of the molecule is CC(C)=C[C@@H]1Oc2c(O)c(C(C)C)cc3ccc(C)c(c23)[C@H]1[C@@H]1C(C(C)C)=C(O)C(=O)c2c1ccc1c2[C@@H](O)CCC1(C)C. The van der Waals surface area contributed by atoms with Gasteiger partial charge in [-0.3, -0.25) is 4.79 Å². The van der Waals surface area contributed by atoms with Crippen molar-refractivity contribution in [3.63, 3.8) is 0 Å². The molecule has 0 amide bonds. The second-order valence-electron chi connectivity index (χ2n) is 14.7. The van der Waals surface area contributed by atoms with Gasteiger partial charge in [-0.05, 0) is 102 Å². The first kappa shape index (κ1) is 30.5. The summed E-state index contributed by atoms with van der Waals surface area (Å²) < 4.78 is 6.86. The zero-order valence-corrected chi connectivity index (χ0v) is 27.5. The number of aryl methyl sites for hydroxylation is 1. The van der Waals surface area contributed by atoms with Gasteiger partial charge in [-0.1, -0.05) is 71.4 Å². The molecule has 0 radical (unpaired) electrons. The fourth-order valence-corrected chi connectivity index (χ4v) is 8.23. The summed E-state index contributed by atoms with van der Waals surface area (Å²) in [6.45, 7) is 18.7.